The summed E-state index contributed by atoms with van der Waals surface area (Å²) < 4.78 is 1.02. The summed E-state index contributed by atoms with van der Waals surface area (Å²) in [7, 11) is 0. The maximum Gasteiger partial charge on any atom is 0.168 e. The fourth-order valence-corrected chi connectivity index (χ4v) is 2.36. The summed E-state index contributed by atoms with van der Waals surface area (Å²) >= 11 is 2.20. The molecular formula is C15H13IO. The lowest BCUT2D eigenvalue weighted by Gasteiger charge is -2.04. The zero-order chi connectivity index (χ0) is 12.3. The molecule has 2 aromatic rings. The Morgan fingerprint density at radius 2 is 1.71 bits per heavy atom. The minimum absolute atomic E-state index is 0.179. The van der Waals surface area contributed by atoms with Crippen molar-refractivity contribution in [2.24, 2.45) is 0 Å². The molecule has 0 aromatic heterocycles. The maximum atomic E-state index is 12.1. The molecule has 0 saturated carbocycles. The van der Waals surface area contributed by atoms with Crippen LogP contribution in [0.3, 0.4) is 0 Å². The van der Waals surface area contributed by atoms with E-state index in [1.807, 2.05) is 55.5 Å². The molecule has 2 aromatic carbocycles. The number of ketones is 1. The fraction of sp³-hybridized carbons (Fsp3) is 0.133. The minimum atomic E-state index is 0.179. The molecule has 0 spiro atoms. The Morgan fingerprint density at radius 1 is 1.06 bits per heavy atom. The van der Waals surface area contributed by atoms with E-state index in [2.05, 4.69) is 22.6 Å². The van der Waals surface area contributed by atoms with Gasteiger partial charge in [0.25, 0.3) is 0 Å². The Bertz CT molecular complexity index is 529. The van der Waals surface area contributed by atoms with Gasteiger partial charge in [0.15, 0.2) is 5.78 Å². The number of halogens is 1. The molecule has 2 heteroatoms. The molecule has 1 nitrogen and oxygen atoms in total. The molecule has 2 rings (SSSR count). The number of Topliss-reactive ketones (excluding diaryl/α,β-unsaturated/α-hetero) is 1. The van der Waals surface area contributed by atoms with Crippen molar-refractivity contribution in [3.8, 4) is 0 Å². The highest BCUT2D eigenvalue weighted by atomic mass is 127. The van der Waals surface area contributed by atoms with Crippen molar-refractivity contribution in [3.05, 3.63) is 68.8 Å². The van der Waals surface area contributed by atoms with Crippen molar-refractivity contribution in [3.63, 3.8) is 0 Å². The van der Waals surface area contributed by atoms with E-state index < -0.39 is 0 Å². The van der Waals surface area contributed by atoms with E-state index in [1.54, 1.807) is 0 Å². The molecule has 0 aliphatic rings. The summed E-state index contributed by atoms with van der Waals surface area (Å²) in [6, 6.07) is 15.8. The van der Waals surface area contributed by atoms with Gasteiger partial charge < -0.3 is 0 Å². The Balaban J connectivity index is 2.17. The average molecular weight is 336 g/mol. The molecule has 0 aliphatic heterocycles. The van der Waals surface area contributed by atoms with Gasteiger partial charge in [-0.25, -0.2) is 0 Å². The van der Waals surface area contributed by atoms with Crippen LogP contribution < -0.4 is 0 Å². The van der Waals surface area contributed by atoms with Crippen LogP contribution in [-0.4, -0.2) is 5.78 Å². The molecule has 0 radical (unpaired) electrons. The second-order valence-electron chi connectivity index (χ2n) is 4.07. The molecule has 0 fully saturated rings. The molecule has 0 N–H and O–H groups in total. The Morgan fingerprint density at radius 3 is 2.35 bits per heavy atom. The zero-order valence-electron chi connectivity index (χ0n) is 9.61. The van der Waals surface area contributed by atoms with Crippen molar-refractivity contribution in [2.45, 2.75) is 13.3 Å². The summed E-state index contributed by atoms with van der Waals surface area (Å²) in [4.78, 5) is 12.1. The van der Waals surface area contributed by atoms with Gasteiger partial charge in [-0.05, 0) is 41.1 Å². The molecule has 86 valence electrons. The lowest BCUT2D eigenvalue weighted by molar-refractivity contribution is 0.0992. The van der Waals surface area contributed by atoms with Crippen molar-refractivity contribution in [1.82, 2.24) is 0 Å². The van der Waals surface area contributed by atoms with Crippen LogP contribution in [0.4, 0.5) is 0 Å². The van der Waals surface area contributed by atoms with E-state index in [9.17, 15) is 4.79 Å². The Labute approximate surface area is 115 Å². The molecule has 17 heavy (non-hydrogen) atoms. The number of carbonyl (C=O) groups excluding carboxylic acids is 1. The molecular weight excluding hydrogens is 323 g/mol. The lowest BCUT2D eigenvalue weighted by atomic mass is 10.0. The number of hydrogen-bond donors (Lipinski definition) is 0. The van der Waals surface area contributed by atoms with E-state index in [0.29, 0.717) is 6.42 Å². The number of aryl methyl sites for hydroxylation is 1. The molecule has 0 heterocycles. The van der Waals surface area contributed by atoms with Gasteiger partial charge in [0, 0.05) is 15.6 Å². The van der Waals surface area contributed by atoms with E-state index in [0.717, 1.165) is 14.7 Å². The molecule has 0 aliphatic carbocycles. The Hall–Kier alpha value is -1.16. The van der Waals surface area contributed by atoms with Crippen LogP contribution in [0.1, 0.15) is 21.5 Å². The van der Waals surface area contributed by atoms with Crippen LogP contribution in [0.15, 0.2) is 48.5 Å². The molecule has 0 bridgehead atoms. The minimum Gasteiger partial charge on any atom is -0.294 e. The second-order valence-corrected chi connectivity index (χ2v) is 5.23. The molecule has 0 saturated heterocycles. The normalized spacial score (nSPS) is 10.2. The van der Waals surface area contributed by atoms with Crippen molar-refractivity contribution in [2.75, 3.05) is 0 Å². The third kappa shape index (κ3) is 3.16. The number of carbonyl (C=O) groups is 1. The van der Waals surface area contributed by atoms with Gasteiger partial charge in [-0.3, -0.25) is 4.79 Å². The first kappa shape index (κ1) is 12.3. The number of benzene rings is 2. The van der Waals surface area contributed by atoms with Gasteiger partial charge in [-0.15, -0.1) is 0 Å². The van der Waals surface area contributed by atoms with Gasteiger partial charge in [-0.2, -0.15) is 0 Å². The highest BCUT2D eigenvalue weighted by Gasteiger charge is 2.09. The summed E-state index contributed by atoms with van der Waals surface area (Å²) in [5.74, 6) is 0.179. The topological polar surface area (TPSA) is 17.1 Å². The SMILES string of the molecule is Cc1ccc(CC(=O)c2ccccc2I)cc1. The fourth-order valence-electron chi connectivity index (χ4n) is 1.67. The van der Waals surface area contributed by atoms with Gasteiger partial charge in [-0.1, -0.05) is 48.0 Å². The van der Waals surface area contributed by atoms with Crippen LogP contribution in [-0.2, 0) is 6.42 Å². The standard InChI is InChI=1S/C15H13IO/c1-11-6-8-12(9-7-11)10-15(17)13-4-2-3-5-14(13)16/h2-9H,10H2,1H3. The van der Waals surface area contributed by atoms with Crippen LogP contribution >= 0.6 is 22.6 Å². The zero-order valence-corrected chi connectivity index (χ0v) is 11.8. The Kier molecular flexibility index (Phi) is 3.94. The third-order valence-electron chi connectivity index (χ3n) is 2.66. The molecule has 0 unspecified atom stereocenters. The number of hydrogen-bond acceptors (Lipinski definition) is 1. The second kappa shape index (κ2) is 5.45. The number of rotatable bonds is 3. The largest absolute Gasteiger partial charge is 0.294 e. The van der Waals surface area contributed by atoms with Crippen molar-refractivity contribution >= 4 is 28.4 Å². The first-order valence-corrected chi connectivity index (χ1v) is 6.58. The summed E-state index contributed by atoms with van der Waals surface area (Å²) in [6.45, 7) is 2.05. The summed E-state index contributed by atoms with van der Waals surface area (Å²) in [5.41, 5.74) is 3.10. The van der Waals surface area contributed by atoms with Crippen LogP contribution in [0.2, 0.25) is 0 Å². The van der Waals surface area contributed by atoms with Gasteiger partial charge in [0.2, 0.25) is 0 Å². The van der Waals surface area contributed by atoms with Crippen LogP contribution in [0, 0.1) is 10.5 Å². The predicted octanol–water partition coefficient (Wildman–Crippen LogP) is 4.03. The highest BCUT2D eigenvalue weighted by molar-refractivity contribution is 14.1. The average Bonchev–Trinajstić information content (AvgIpc) is 2.32. The first-order valence-electron chi connectivity index (χ1n) is 5.50. The van der Waals surface area contributed by atoms with Crippen molar-refractivity contribution < 1.29 is 4.79 Å². The van der Waals surface area contributed by atoms with Gasteiger partial charge in [0.1, 0.15) is 0 Å². The smallest absolute Gasteiger partial charge is 0.168 e. The highest BCUT2D eigenvalue weighted by Crippen LogP contribution is 2.15. The van der Waals surface area contributed by atoms with Crippen LogP contribution in [0.25, 0.3) is 0 Å². The quantitative estimate of drug-likeness (QED) is 0.611. The van der Waals surface area contributed by atoms with E-state index in [-0.39, 0.29) is 5.78 Å². The lowest BCUT2D eigenvalue weighted by Crippen LogP contribution is -2.05. The summed E-state index contributed by atoms with van der Waals surface area (Å²) in [5, 5.41) is 0. The molecule has 0 atom stereocenters. The van der Waals surface area contributed by atoms with E-state index in [1.165, 1.54) is 5.56 Å². The van der Waals surface area contributed by atoms with Gasteiger partial charge in [0.05, 0.1) is 0 Å². The molecule has 0 amide bonds. The van der Waals surface area contributed by atoms with Gasteiger partial charge >= 0.3 is 0 Å². The third-order valence-corrected chi connectivity index (χ3v) is 3.60. The van der Waals surface area contributed by atoms with Crippen LogP contribution in [0.5, 0.6) is 0 Å². The van der Waals surface area contributed by atoms with E-state index in [4.69, 9.17) is 0 Å². The monoisotopic (exact) mass is 336 g/mol. The maximum absolute atomic E-state index is 12.1. The van der Waals surface area contributed by atoms with Crippen molar-refractivity contribution in [1.29, 1.82) is 0 Å². The van der Waals surface area contributed by atoms with E-state index >= 15 is 0 Å². The predicted molar refractivity (Wildman–Crippen MR) is 78.4 cm³/mol. The first-order chi connectivity index (χ1) is 8.16. The summed E-state index contributed by atoms with van der Waals surface area (Å²) in [6.07, 6.45) is 0.473.